The van der Waals surface area contributed by atoms with Crippen molar-refractivity contribution in [1.82, 2.24) is 24.9 Å². The van der Waals surface area contributed by atoms with Gasteiger partial charge in [-0.25, -0.2) is 0 Å². The predicted molar refractivity (Wildman–Crippen MR) is 346 cm³/mol. The molecule has 0 aliphatic carbocycles. The summed E-state index contributed by atoms with van der Waals surface area (Å²) in [6, 6.07) is 32.1. The molecule has 402 valence electrons. The fourth-order valence-electron chi connectivity index (χ4n) is 11.4. The molecule has 0 aromatic carbocycles. The van der Waals surface area contributed by atoms with Crippen LogP contribution in [0.25, 0.3) is 0 Å². The SMILES string of the molecule is CCOCC.C[Si](C)(C)C(c1ccccn1)[Si](C)(C)C.C[Si](C)(C)[C]([GeH2][CH2]c1ccccn1)(c1ccccn1)[Si](C)(C)C.C[Si](C)(C)[C](c1ccccn1)([Ge](=[Te])[CH2]c1ccccn1)[Si](C)(C)C.[CH2-]CCC.[Li+].[TeH2]. The third kappa shape index (κ3) is 23.5. The standard InChI is InChI=1S/C18H28GeN2Si2Te.C18H30GeN2Si2.C12H23NSi2.C4H10O.C4H9.Li.H2Te/c1-22(2,3)18(23(4,5)6,17-12-8-10-14-21-17)19(24)15-16-11-7-9-13-20-16;1-22(2,3)18(23(4,5)6,17-12-8-10-14-21-17)19-15-16-11-7-9-13-20-16;1-14(2,3)12(15(4,5)6)11-9-7-8-10-13-11;1-3-5-4-2;1-3-4-2;;/h7-14H,15H2,1-6H3;7-14H,15,19H2,1-6H3;7-10,12H,1-6H3;3-4H2,1-2H3;1,3-4H2,2H3;;1H2/q;;;;-1;+1;. The van der Waals surface area contributed by atoms with Gasteiger partial charge >= 0.3 is 356 Å². The van der Waals surface area contributed by atoms with Crippen molar-refractivity contribution in [2.45, 2.75) is 174 Å². The Bertz CT molecular complexity index is 2160. The van der Waals surface area contributed by atoms with Gasteiger partial charge in [0.15, 0.2) is 0 Å². The van der Waals surface area contributed by atoms with E-state index in [0.717, 1.165) is 24.8 Å². The van der Waals surface area contributed by atoms with Crippen LogP contribution >= 0.6 is 0 Å². The van der Waals surface area contributed by atoms with E-state index in [-0.39, 0.29) is 42.5 Å². The summed E-state index contributed by atoms with van der Waals surface area (Å²) in [7, 11) is -9.60. The predicted octanol–water partition coefficient (Wildman–Crippen LogP) is 10.4. The average Bonchev–Trinajstić information content (AvgIpc) is 3.27. The Balaban J connectivity index is 0. The van der Waals surface area contributed by atoms with Gasteiger partial charge in [0, 0.05) is 25.1 Å². The van der Waals surface area contributed by atoms with E-state index >= 15 is 0 Å². The maximum absolute atomic E-state index is 4.94. The molecule has 0 fully saturated rings. The van der Waals surface area contributed by atoms with E-state index in [1.807, 2.05) is 63.0 Å². The number of hydrogen-bond acceptors (Lipinski definition) is 6. The number of pyridine rings is 5. The fraction of sp³-hybridized carbons (Fsp3) is 0.536. The molecule has 17 heteroatoms. The Morgan fingerprint density at radius 3 is 1.19 bits per heavy atom. The number of aromatic nitrogens is 5. The number of ether oxygens (including phenoxy) is 1. The molecule has 0 unspecified atom stereocenters. The molecule has 0 bridgehead atoms. The van der Waals surface area contributed by atoms with Crippen molar-refractivity contribution < 1.29 is 23.6 Å². The van der Waals surface area contributed by atoms with E-state index in [9.17, 15) is 0 Å². The van der Waals surface area contributed by atoms with Gasteiger partial charge in [0.25, 0.3) is 0 Å². The zero-order chi connectivity index (χ0) is 54.4. The second-order valence-corrected chi connectivity index (χ2v) is 79.1. The van der Waals surface area contributed by atoms with Gasteiger partial charge in [0.1, 0.15) is 0 Å². The van der Waals surface area contributed by atoms with Crippen LogP contribution in [-0.4, -0.2) is 156 Å². The quantitative estimate of drug-likeness (QED) is 0.0643. The third-order valence-electron chi connectivity index (χ3n) is 13.4. The molecule has 0 amide bonds. The van der Waals surface area contributed by atoms with Crippen molar-refractivity contribution >= 4 is 117 Å². The van der Waals surface area contributed by atoms with Crippen molar-refractivity contribution in [3.05, 3.63) is 157 Å². The van der Waals surface area contributed by atoms with E-state index in [1.165, 1.54) is 45.4 Å². The summed E-state index contributed by atoms with van der Waals surface area (Å²) in [6.45, 7) is 56.9. The normalized spacial score (nSPS) is 12.3. The first-order valence-corrected chi connectivity index (χ1v) is 60.5. The fourth-order valence-corrected chi connectivity index (χ4v) is 107. The number of unbranched alkanes of at least 4 members (excludes halogenated alkanes) is 1. The van der Waals surface area contributed by atoms with Crippen molar-refractivity contribution in [1.29, 1.82) is 0 Å². The van der Waals surface area contributed by atoms with Gasteiger partial charge < -0.3 is 11.7 Å². The number of nitrogens with zero attached hydrogens (tertiary/aromatic N) is 5. The van der Waals surface area contributed by atoms with E-state index in [4.69, 9.17) is 14.7 Å². The zero-order valence-electron chi connectivity index (χ0n) is 50.3. The molecule has 73 heavy (non-hydrogen) atoms. The van der Waals surface area contributed by atoms with Gasteiger partial charge in [0.05, 0.1) is 16.1 Å². The van der Waals surface area contributed by atoms with Crippen LogP contribution in [0.1, 0.15) is 67.2 Å². The molecule has 0 aliphatic heterocycles. The van der Waals surface area contributed by atoms with Gasteiger partial charge in [0.2, 0.25) is 0 Å². The number of hydrogen-bond donors (Lipinski definition) is 0. The molecule has 0 N–H and O–H groups in total. The summed E-state index contributed by atoms with van der Waals surface area (Å²) < 4.78 is 5.65. The summed E-state index contributed by atoms with van der Waals surface area (Å²) in [6.07, 6.45) is 12.1. The average molecular weight is 1440 g/mol. The molecule has 0 spiro atoms. The monoisotopic (exact) mass is 1440 g/mol. The van der Waals surface area contributed by atoms with Crippen molar-refractivity contribution in [3.8, 4) is 0 Å². The van der Waals surface area contributed by atoms with Gasteiger partial charge in [-0.15, -0.1) is 0 Å². The van der Waals surface area contributed by atoms with Crippen molar-refractivity contribution in [3.63, 3.8) is 0 Å². The topological polar surface area (TPSA) is 73.7 Å². The molecular formula is C56H102Ge2LiN5OSi6Te2. The van der Waals surface area contributed by atoms with Crippen molar-refractivity contribution in [2.24, 2.45) is 0 Å². The Hall–Kier alpha value is 0.274. The third-order valence-corrected chi connectivity index (χ3v) is 91.0. The van der Waals surface area contributed by atoms with E-state index < -0.39 is 74.4 Å². The van der Waals surface area contributed by atoms with Crippen molar-refractivity contribution in [2.75, 3.05) is 13.2 Å². The molecule has 0 saturated carbocycles. The van der Waals surface area contributed by atoms with E-state index in [2.05, 4.69) is 239 Å². The van der Waals surface area contributed by atoms with Crippen LogP contribution in [0.4, 0.5) is 0 Å². The molecule has 0 saturated heterocycles. The molecule has 0 aliphatic rings. The van der Waals surface area contributed by atoms with E-state index in [0.29, 0.717) is 6.99 Å². The van der Waals surface area contributed by atoms with Gasteiger partial charge in [-0.1, -0.05) is 58.7 Å². The molecule has 5 aromatic rings. The van der Waals surface area contributed by atoms with Crippen LogP contribution in [0.15, 0.2) is 122 Å². The van der Waals surface area contributed by atoms with Crippen LogP contribution in [0.3, 0.4) is 0 Å². The van der Waals surface area contributed by atoms with Gasteiger partial charge in [-0.05, 0) is 31.1 Å². The Labute approximate surface area is 504 Å². The first kappa shape index (κ1) is 75.3. The van der Waals surface area contributed by atoms with Crippen LogP contribution in [0, 0.1) is 6.92 Å². The van der Waals surface area contributed by atoms with E-state index in [1.54, 1.807) is 0 Å². The molecule has 6 nitrogen and oxygen atoms in total. The van der Waals surface area contributed by atoms with Gasteiger partial charge in [-0.2, -0.15) is 6.42 Å². The second kappa shape index (κ2) is 35.1. The second-order valence-electron chi connectivity index (χ2n) is 24.9. The Morgan fingerprint density at radius 2 is 0.904 bits per heavy atom. The molecule has 0 radical (unpaired) electrons. The molecule has 5 aromatic heterocycles. The summed E-state index contributed by atoms with van der Waals surface area (Å²) in [4.78, 5) is 23.7. The first-order chi connectivity index (χ1) is 32.8. The Kier molecular flexibility index (Phi) is 36.2. The molecule has 5 heterocycles. The van der Waals surface area contributed by atoms with Crippen LogP contribution < -0.4 is 18.9 Å². The summed E-state index contributed by atoms with van der Waals surface area (Å²) in [5.41, 5.74) is 6.67. The maximum atomic E-state index is 4.94. The minimum atomic E-state index is -1.48. The summed E-state index contributed by atoms with van der Waals surface area (Å²) in [5, 5.41) is 3.17. The zero-order valence-corrected chi connectivity index (χ0v) is 66.6. The van der Waals surface area contributed by atoms with Gasteiger partial charge in [-0.3, -0.25) is 4.98 Å². The summed E-state index contributed by atoms with van der Waals surface area (Å²) >= 11 is 1.58. The minimum absolute atomic E-state index is 0. The Morgan fingerprint density at radius 1 is 0.534 bits per heavy atom. The first-order valence-electron chi connectivity index (χ1n) is 26.3. The van der Waals surface area contributed by atoms with Crippen LogP contribution in [0.5, 0.6) is 0 Å². The van der Waals surface area contributed by atoms with Crippen LogP contribution in [0.2, 0.25) is 118 Å². The van der Waals surface area contributed by atoms with Crippen LogP contribution in [-0.2, 0) is 22.2 Å². The molecule has 0 atom stereocenters. The number of rotatable bonds is 18. The summed E-state index contributed by atoms with van der Waals surface area (Å²) in [5.74, 6) is 0. The molecule has 5 rings (SSSR count). The molecular weight excluding hydrogens is 1330 g/mol.